The van der Waals surface area contributed by atoms with E-state index in [1.807, 2.05) is 49.1 Å². The molecular weight excluding hydrogens is 585 g/mol. The summed E-state index contributed by atoms with van der Waals surface area (Å²) in [5.74, 6) is 0. The molecule has 3 aromatic heterocycles. The van der Waals surface area contributed by atoms with Crippen molar-refractivity contribution in [2.45, 2.75) is 0 Å². The molecule has 0 N–H and O–H groups in total. The molecule has 0 spiro atoms. The van der Waals surface area contributed by atoms with Gasteiger partial charge < -0.3 is 9.47 Å². The number of nitrogens with zero attached hydrogens (tertiary/aromatic N) is 4. The smallest absolute Gasteiger partial charge is 0.0553 e. The predicted molar refractivity (Wildman–Crippen MR) is 200 cm³/mol. The average Bonchev–Trinajstić information content (AvgIpc) is 3.49. The molecule has 0 saturated heterocycles. The van der Waals surface area contributed by atoms with Crippen molar-refractivity contribution in [2.24, 2.45) is 0 Å². The summed E-state index contributed by atoms with van der Waals surface area (Å²) in [7, 11) is 0. The summed E-state index contributed by atoms with van der Waals surface area (Å²) in [4.78, 5) is 10.7. The van der Waals surface area contributed by atoms with Gasteiger partial charge in [0.1, 0.15) is 0 Å². The molecule has 7 aromatic carbocycles. The summed E-state index contributed by atoms with van der Waals surface area (Å²) in [6.07, 6.45) is 7.32. The minimum atomic E-state index is 1.05. The van der Waals surface area contributed by atoms with Crippen LogP contribution in [0.25, 0.3) is 70.9 Å². The Morgan fingerprint density at radius 3 is 1.77 bits per heavy atom. The number of pyridine rings is 2. The van der Waals surface area contributed by atoms with E-state index in [0.29, 0.717) is 0 Å². The molecule has 0 radical (unpaired) electrons. The van der Waals surface area contributed by atoms with E-state index < -0.39 is 0 Å². The van der Waals surface area contributed by atoms with Crippen molar-refractivity contribution in [2.75, 3.05) is 4.90 Å². The van der Waals surface area contributed by atoms with Crippen LogP contribution in [0.1, 0.15) is 0 Å². The molecular formula is C44H28N4. The molecule has 0 amide bonds. The van der Waals surface area contributed by atoms with E-state index >= 15 is 0 Å². The highest BCUT2D eigenvalue weighted by Crippen LogP contribution is 2.45. The minimum Gasteiger partial charge on any atom is -0.310 e. The molecule has 4 nitrogen and oxygen atoms in total. The highest BCUT2D eigenvalue weighted by molar-refractivity contribution is 6.34. The fourth-order valence-corrected chi connectivity index (χ4v) is 7.66. The first-order chi connectivity index (χ1) is 23.8. The van der Waals surface area contributed by atoms with Gasteiger partial charge in [-0.05, 0) is 104 Å². The van der Waals surface area contributed by atoms with Crippen molar-refractivity contribution in [3.63, 3.8) is 0 Å². The largest absolute Gasteiger partial charge is 0.310 e. The Kier molecular flexibility index (Phi) is 5.84. The van der Waals surface area contributed by atoms with E-state index in [0.717, 1.165) is 17.1 Å². The summed E-state index contributed by atoms with van der Waals surface area (Å²) >= 11 is 0. The summed E-state index contributed by atoms with van der Waals surface area (Å²) in [5.41, 5.74) is 9.22. The Morgan fingerprint density at radius 1 is 0.417 bits per heavy atom. The maximum atomic E-state index is 4.24. The molecule has 10 aromatic rings. The molecule has 0 aliphatic heterocycles. The molecule has 3 heterocycles. The maximum Gasteiger partial charge on any atom is 0.0553 e. The minimum absolute atomic E-state index is 1.05. The molecule has 0 fully saturated rings. The third-order valence-electron chi connectivity index (χ3n) is 9.71. The van der Waals surface area contributed by atoms with E-state index in [4.69, 9.17) is 0 Å². The van der Waals surface area contributed by atoms with Crippen LogP contribution >= 0.6 is 0 Å². The van der Waals surface area contributed by atoms with E-state index in [9.17, 15) is 0 Å². The third kappa shape index (κ3) is 3.96. The number of anilines is 3. The second-order valence-corrected chi connectivity index (χ2v) is 12.3. The Hall–Kier alpha value is -6.52. The van der Waals surface area contributed by atoms with Crippen LogP contribution in [0.4, 0.5) is 17.1 Å². The zero-order valence-corrected chi connectivity index (χ0v) is 26.0. The standard InChI is InChI=1S/C44H28N4/c1-2-6-32(7-3-1)48-40-9-5-4-8-38(40)44-39-19-18-37-36(17-14-30-10-11-31(28-41(44)48)43(39)42(30)37)29-12-15-33(16-13-29)47(34-20-24-45-25-21-34)35-22-26-46-27-23-35/h1-28H. The van der Waals surface area contributed by atoms with Crippen molar-refractivity contribution in [1.29, 1.82) is 0 Å². The third-order valence-corrected chi connectivity index (χ3v) is 9.71. The quantitative estimate of drug-likeness (QED) is 0.181. The van der Waals surface area contributed by atoms with E-state index in [1.54, 1.807) is 0 Å². The molecule has 0 bridgehead atoms. The van der Waals surface area contributed by atoms with Crippen LogP contribution in [0.15, 0.2) is 170 Å². The van der Waals surface area contributed by atoms with Crippen LogP contribution in [-0.2, 0) is 0 Å². The van der Waals surface area contributed by atoms with Crippen LogP contribution < -0.4 is 4.90 Å². The first-order valence-electron chi connectivity index (χ1n) is 16.2. The summed E-state index contributed by atoms with van der Waals surface area (Å²) < 4.78 is 2.41. The van der Waals surface area contributed by atoms with E-state index in [1.165, 1.54) is 70.9 Å². The lowest BCUT2D eigenvalue weighted by atomic mass is 9.88. The van der Waals surface area contributed by atoms with Crippen LogP contribution in [0, 0.1) is 0 Å². The van der Waals surface area contributed by atoms with Gasteiger partial charge in [0.15, 0.2) is 0 Å². The van der Waals surface area contributed by atoms with Crippen molar-refractivity contribution in [1.82, 2.24) is 14.5 Å². The summed E-state index contributed by atoms with van der Waals surface area (Å²) in [6.45, 7) is 0. The number of aromatic nitrogens is 3. The lowest BCUT2D eigenvalue weighted by Gasteiger charge is -2.25. The van der Waals surface area contributed by atoms with Gasteiger partial charge in [0, 0.05) is 58.3 Å². The number of para-hydroxylation sites is 2. The zero-order valence-electron chi connectivity index (χ0n) is 26.0. The van der Waals surface area contributed by atoms with Gasteiger partial charge >= 0.3 is 0 Å². The first-order valence-corrected chi connectivity index (χ1v) is 16.2. The Morgan fingerprint density at radius 2 is 1.02 bits per heavy atom. The molecule has 224 valence electrons. The highest BCUT2D eigenvalue weighted by Gasteiger charge is 2.20. The van der Waals surface area contributed by atoms with Crippen LogP contribution in [0.5, 0.6) is 0 Å². The molecule has 10 rings (SSSR count). The average molecular weight is 613 g/mol. The van der Waals surface area contributed by atoms with Crippen LogP contribution in [0.2, 0.25) is 0 Å². The lowest BCUT2D eigenvalue weighted by molar-refractivity contribution is 1.18. The van der Waals surface area contributed by atoms with Crippen molar-refractivity contribution >= 4 is 71.2 Å². The van der Waals surface area contributed by atoms with Gasteiger partial charge in [-0.3, -0.25) is 9.97 Å². The molecule has 4 heteroatoms. The molecule has 0 saturated carbocycles. The highest BCUT2D eigenvalue weighted by atomic mass is 15.1. The van der Waals surface area contributed by atoms with Crippen LogP contribution in [-0.4, -0.2) is 14.5 Å². The lowest BCUT2D eigenvalue weighted by Crippen LogP contribution is -2.09. The Bertz CT molecular complexity index is 2710. The number of hydrogen-bond acceptors (Lipinski definition) is 3. The molecule has 0 aliphatic carbocycles. The Labute approximate surface area is 277 Å². The number of benzene rings is 7. The zero-order chi connectivity index (χ0) is 31.6. The fraction of sp³-hybridized carbons (Fsp3) is 0. The van der Waals surface area contributed by atoms with E-state index in [2.05, 4.69) is 141 Å². The molecule has 48 heavy (non-hydrogen) atoms. The van der Waals surface area contributed by atoms with Crippen molar-refractivity contribution in [3.8, 4) is 16.8 Å². The molecule has 0 atom stereocenters. The predicted octanol–water partition coefficient (Wildman–Crippen LogP) is 11.6. The van der Waals surface area contributed by atoms with Gasteiger partial charge in [0.2, 0.25) is 0 Å². The van der Waals surface area contributed by atoms with Gasteiger partial charge in [0.25, 0.3) is 0 Å². The fourth-order valence-electron chi connectivity index (χ4n) is 7.66. The topological polar surface area (TPSA) is 34.0 Å². The maximum absolute atomic E-state index is 4.24. The first kappa shape index (κ1) is 26.7. The van der Waals surface area contributed by atoms with Crippen molar-refractivity contribution in [3.05, 3.63) is 170 Å². The molecule has 0 aliphatic rings. The van der Waals surface area contributed by atoms with Crippen molar-refractivity contribution < 1.29 is 0 Å². The van der Waals surface area contributed by atoms with Gasteiger partial charge in [-0.15, -0.1) is 0 Å². The second-order valence-electron chi connectivity index (χ2n) is 12.3. The SMILES string of the molecule is c1ccc(-n2c3ccccc3c3c4ccc5c(-c6ccc(N(c7ccncc7)c7ccncc7)cc6)ccc6ccc(cc32)c4c65)cc1. The summed E-state index contributed by atoms with van der Waals surface area (Å²) in [6, 6.07) is 52.7. The van der Waals surface area contributed by atoms with Crippen LogP contribution in [0.3, 0.4) is 0 Å². The Balaban J connectivity index is 1.17. The molecule has 0 unspecified atom stereocenters. The van der Waals surface area contributed by atoms with Gasteiger partial charge in [-0.1, -0.05) is 84.9 Å². The number of fused-ring (bicyclic) bond motifs is 4. The number of rotatable bonds is 5. The van der Waals surface area contributed by atoms with Gasteiger partial charge in [-0.25, -0.2) is 0 Å². The second kappa shape index (κ2) is 10.5. The van der Waals surface area contributed by atoms with Gasteiger partial charge in [-0.2, -0.15) is 0 Å². The van der Waals surface area contributed by atoms with Gasteiger partial charge in [0.05, 0.1) is 11.0 Å². The normalized spacial score (nSPS) is 11.8. The summed E-state index contributed by atoms with van der Waals surface area (Å²) in [5, 5.41) is 10.3. The van der Waals surface area contributed by atoms with E-state index in [-0.39, 0.29) is 0 Å². The number of hydrogen-bond donors (Lipinski definition) is 0. The monoisotopic (exact) mass is 612 g/mol.